The van der Waals surface area contributed by atoms with Crippen molar-refractivity contribution in [2.75, 3.05) is 13.1 Å². The Bertz CT molecular complexity index is 166. The highest BCUT2D eigenvalue weighted by molar-refractivity contribution is 4.87. The Balaban J connectivity index is 1.89. The van der Waals surface area contributed by atoms with Gasteiger partial charge in [-0.15, -0.1) is 0 Å². The molecule has 0 aromatic carbocycles. The fraction of sp³-hybridized carbons (Fsp3) is 1.00. The Labute approximate surface area is 71.7 Å². The van der Waals surface area contributed by atoms with Gasteiger partial charge in [-0.3, -0.25) is 4.90 Å². The molecule has 0 radical (unpaired) electrons. The third-order valence-corrected chi connectivity index (χ3v) is 3.01. The van der Waals surface area contributed by atoms with Gasteiger partial charge in [0.05, 0.1) is 6.54 Å². The standard InChI is InChI=1S/C9H15F2N/c10-9(11)5-2-6-12(7-9)8-3-1-4-8/h8H,1-7H2. The van der Waals surface area contributed by atoms with E-state index < -0.39 is 5.92 Å². The first-order valence-corrected chi connectivity index (χ1v) is 4.79. The Kier molecular flexibility index (Phi) is 2.07. The molecule has 1 heterocycles. The van der Waals surface area contributed by atoms with Gasteiger partial charge < -0.3 is 0 Å². The molecule has 1 saturated heterocycles. The number of alkyl halides is 2. The van der Waals surface area contributed by atoms with Gasteiger partial charge in [0.15, 0.2) is 0 Å². The number of hydrogen-bond acceptors (Lipinski definition) is 1. The molecule has 0 bridgehead atoms. The van der Waals surface area contributed by atoms with Crippen molar-refractivity contribution in [3.8, 4) is 0 Å². The summed E-state index contributed by atoms with van der Waals surface area (Å²) >= 11 is 0. The minimum atomic E-state index is -2.41. The molecule has 1 aliphatic heterocycles. The van der Waals surface area contributed by atoms with Gasteiger partial charge >= 0.3 is 0 Å². The van der Waals surface area contributed by atoms with E-state index in [4.69, 9.17) is 0 Å². The van der Waals surface area contributed by atoms with Gasteiger partial charge in [-0.25, -0.2) is 8.78 Å². The quantitative estimate of drug-likeness (QED) is 0.591. The van der Waals surface area contributed by atoms with E-state index in [0.29, 0.717) is 12.5 Å². The van der Waals surface area contributed by atoms with Crippen molar-refractivity contribution in [1.82, 2.24) is 4.90 Å². The lowest BCUT2D eigenvalue weighted by molar-refractivity contribution is -0.0833. The molecule has 3 heteroatoms. The number of likely N-dealkylation sites (tertiary alicyclic amines) is 1. The maximum atomic E-state index is 12.9. The molecular formula is C9H15F2N. The van der Waals surface area contributed by atoms with Crippen molar-refractivity contribution in [3.05, 3.63) is 0 Å². The predicted molar refractivity (Wildman–Crippen MR) is 43.4 cm³/mol. The van der Waals surface area contributed by atoms with E-state index in [1.165, 1.54) is 6.42 Å². The molecule has 0 amide bonds. The van der Waals surface area contributed by atoms with Crippen LogP contribution in [-0.4, -0.2) is 30.0 Å². The SMILES string of the molecule is FC1(F)CCCN(C2CCC2)C1. The molecule has 2 aliphatic rings. The van der Waals surface area contributed by atoms with Crippen molar-refractivity contribution in [2.24, 2.45) is 0 Å². The van der Waals surface area contributed by atoms with Crippen LogP contribution in [-0.2, 0) is 0 Å². The number of halogens is 2. The first kappa shape index (κ1) is 8.42. The van der Waals surface area contributed by atoms with E-state index in [2.05, 4.69) is 0 Å². The van der Waals surface area contributed by atoms with E-state index in [0.717, 1.165) is 19.4 Å². The summed E-state index contributed by atoms with van der Waals surface area (Å²) in [6.45, 7) is 0.901. The lowest BCUT2D eigenvalue weighted by atomic mass is 9.89. The summed E-state index contributed by atoms with van der Waals surface area (Å²) in [6.07, 6.45) is 4.26. The zero-order chi connectivity index (χ0) is 8.60. The number of piperidine rings is 1. The van der Waals surface area contributed by atoms with Crippen LogP contribution in [0.3, 0.4) is 0 Å². The third-order valence-electron chi connectivity index (χ3n) is 3.01. The lowest BCUT2D eigenvalue weighted by Crippen LogP contribution is -2.50. The smallest absolute Gasteiger partial charge is 0.260 e. The van der Waals surface area contributed by atoms with Crippen LogP contribution in [0.2, 0.25) is 0 Å². The zero-order valence-corrected chi connectivity index (χ0v) is 7.23. The molecule has 1 nitrogen and oxygen atoms in total. The monoisotopic (exact) mass is 175 g/mol. The van der Waals surface area contributed by atoms with Crippen molar-refractivity contribution in [2.45, 2.75) is 44.1 Å². The predicted octanol–water partition coefficient (Wildman–Crippen LogP) is 2.27. The van der Waals surface area contributed by atoms with Crippen LogP contribution in [0.1, 0.15) is 32.1 Å². The second-order valence-corrected chi connectivity index (χ2v) is 4.01. The van der Waals surface area contributed by atoms with Crippen molar-refractivity contribution in [1.29, 1.82) is 0 Å². The number of rotatable bonds is 1. The van der Waals surface area contributed by atoms with E-state index in [1.807, 2.05) is 4.90 Å². The van der Waals surface area contributed by atoms with E-state index in [9.17, 15) is 8.78 Å². The van der Waals surface area contributed by atoms with Gasteiger partial charge in [0.1, 0.15) is 0 Å². The number of hydrogen-bond donors (Lipinski definition) is 0. The molecule has 0 aromatic heterocycles. The van der Waals surface area contributed by atoms with E-state index in [1.54, 1.807) is 0 Å². The number of nitrogens with zero attached hydrogens (tertiary/aromatic N) is 1. The maximum absolute atomic E-state index is 12.9. The molecule has 0 N–H and O–H groups in total. The van der Waals surface area contributed by atoms with Crippen molar-refractivity contribution >= 4 is 0 Å². The molecular weight excluding hydrogens is 160 g/mol. The minimum Gasteiger partial charge on any atom is -0.294 e. The average Bonchev–Trinajstić information content (AvgIpc) is 1.80. The highest BCUT2D eigenvalue weighted by Gasteiger charge is 2.38. The molecule has 0 unspecified atom stereocenters. The largest absolute Gasteiger partial charge is 0.294 e. The van der Waals surface area contributed by atoms with Gasteiger partial charge in [-0.2, -0.15) is 0 Å². The fourth-order valence-corrected chi connectivity index (χ4v) is 2.06. The van der Waals surface area contributed by atoms with Gasteiger partial charge in [0.25, 0.3) is 5.92 Å². The van der Waals surface area contributed by atoms with Crippen molar-refractivity contribution in [3.63, 3.8) is 0 Å². The van der Waals surface area contributed by atoms with Crippen molar-refractivity contribution < 1.29 is 8.78 Å². The topological polar surface area (TPSA) is 3.24 Å². The van der Waals surface area contributed by atoms with Crippen LogP contribution < -0.4 is 0 Å². The maximum Gasteiger partial charge on any atom is 0.260 e. The molecule has 12 heavy (non-hydrogen) atoms. The molecule has 0 spiro atoms. The van der Waals surface area contributed by atoms with E-state index in [-0.39, 0.29) is 13.0 Å². The first-order chi connectivity index (χ1) is 5.67. The summed E-state index contributed by atoms with van der Waals surface area (Å²) in [5.41, 5.74) is 0. The van der Waals surface area contributed by atoms with Gasteiger partial charge in [0, 0.05) is 12.5 Å². The highest BCUT2D eigenvalue weighted by atomic mass is 19.3. The van der Waals surface area contributed by atoms with Gasteiger partial charge in [0.2, 0.25) is 0 Å². The molecule has 70 valence electrons. The third kappa shape index (κ3) is 1.60. The van der Waals surface area contributed by atoms with Crippen LogP contribution in [0.4, 0.5) is 8.78 Å². The Hall–Kier alpha value is -0.180. The average molecular weight is 175 g/mol. The normalized spacial score (nSPS) is 31.5. The molecule has 0 atom stereocenters. The van der Waals surface area contributed by atoms with Crippen LogP contribution in [0.15, 0.2) is 0 Å². The summed E-state index contributed by atoms with van der Waals surface area (Å²) in [5, 5.41) is 0. The van der Waals surface area contributed by atoms with Crippen LogP contribution >= 0.6 is 0 Å². The first-order valence-electron chi connectivity index (χ1n) is 4.79. The van der Waals surface area contributed by atoms with Crippen LogP contribution in [0.25, 0.3) is 0 Å². The summed E-state index contributed by atoms with van der Waals surface area (Å²) < 4.78 is 25.9. The molecule has 0 aromatic rings. The second kappa shape index (κ2) is 2.95. The highest BCUT2D eigenvalue weighted by Crippen LogP contribution is 2.32. The van der Waals surface area contributed by atoms with Crippen LogP contribution in [0.5, 0.6) is 0 Å². The molecule has 2 rings (SSSR count). The molecule has 1 saturated carbocycles. The second-order valence-electron chi connectivity index (χ2n) is 4.01. The summed E-state index contributed by atoms with van der Waals surface area (Å²) in [4.78, 5) is 1.98. The Morgan fingerprint density at radius 1 is 1.17 bits per heavy atom. The zero-order valence-electron chi connectivity index (χ0n) is 7.23. The summed E-state index contributed by atoms with van der Waals surface area (Å²) in [5.74, 6) is -2.41. The summed E-state index contributed by atoms with van der Waals surface area (Å²) in [7, 11) is 0. The molecule has 1 aliphatic carbocycles. The Morgan fingerprint density at radius 3 is 2.42 bits per heavy atom. The summed E-state index contributed by atoms with van der Waals surface area (Å²) in [6, 6.07) is 0.483. The lowest BCUT2D eigenvalue weighted by Gasteiger charge is -2.42. The fourth-order valence-electron chi connectivity index (χ4n) is 2.06. The van der Waals surface area contributed by atoms with E-state index >= 15 is 0 Å². The Morgan fingerprint density at radius 2 is 1.92 bits per heavy atom. The van der Waals surface area contributed by atoms with Gasteiger partial charge in [-0.05, 0) is 25.8 Å². The van der Waals surface area contributed by atoms with Gasteiger partial charge in [-0.1, -0.05) is 6.42 Å². The minimum absolute atomic E-state index is 0.0116. The van der Waals surface area contributed by atoms with Crippen LogP contribution in [0, 0.1) is 0 Å². The molecule has 2 fully saturated rings.